The van der Waals surface area contributed by atoms with Gasteiger partial charge in [0, 0.05) is 11.1 Å². The van der Waals surface area contributed by atoms with Crippen LogP contribution < -0.4 is 0 Å². The first-order valence-electron chi connectivity index (χ1n) is 12.5. The Morgan fingerprint density at radius 1 is 0.689 bits per heavy atom. The monoisotopic (exact) mass is 634 g/mol. The van der Waals surface area contributed by atoms with E-state index in [1.54, 1.807) is 0 Å². The van der Waals surface area contributed by atoms with Gasteiger partial charge in [-0.15, -0.1) is 0 Å². The summed E-state index contributed by atoms with van der Waals surface area (Å²) in [6, 6.07) is 2.44. The number of carbonyl (C=O) groups is 3. The molecule has 2 heterocycles. The lowest BCUT2D eigenvalue weighted by atomic mass is 9.92. The van der Waals surface area contributed by atoms with Gasteiger partial charge in [-0.3, -0.25) is 0 Å². The number of fused-ring (bicyclic) bond motifs is 4. The number of aromatic hydroxyl groups is 9. The number of benzene rings is 3. The summed E-state index contributed by atoms with van der Waals surface area (Å²) in [5.41, 5.74) is -4.10. The highest BCUT2D eigenvalue weighted by atomic mass is 16.7. The number of cyclic esters (lactones) is 1. The van der Waals surface area contributed by atoms with Gasteiger partial charge in [-0.2, -0.15) is 0 Å². The Bertz CT molecular complexity index is 1730. The summed E-state index contributed by atoms with van der Waals surface area (Å²) >= 11 is 0. The number of hydrogen-bond acceptors (Lipinski definition) is 18. The summed E-state index contributed by atoms with van der Waals surface area (Å²) in [6.45, 7) is -0.948. The van der Waals surface area contributed by atoms with Gasteiger partial charge in [0.05, 0.1) is 16.7 Å². The van der Waals surface area contributed by atoms with Crippen LogP contribution in [0.2, 0.25) is 0 Å². The highest BCUT2D eigenvalue weighted by molar-refractivity contribution is 6.08. The Labute approximate surface area is 248 Å². The maximum absolute atomic E-state index is 13.6. The number of phenolic OH excluding ortho intramolecular Hbond substituents is 9. The van der Waals surface area contributed by atoms with Crippen molar-refractivity contribution in [2.24, 2.45) is 0 Å². The molecule has 0 saturated carbocycles. The molecule has 0 spiro atoms. The zero-order chi connectivity index (χ0) is 33.1. The molecule has 45 heavy (non-hydrogen) atoms. The van der Waals surface area contributed by atoms with E-state index < -0.39 is 135 Å². The van der Waals surface area contributed by atoms with Crippen molar-refractivity contribution in [1.29, 1.82) is 0 Å². The number of aliphatic hydroxyl groups excluding tert-OH is 2. The van der Waals surface area contributed by atoms with Gasteiger partial charge in [-0.25, -0.2) is 14.4 Å². The minimum Gasteiger partial charge on any atom is -0.504 e. The molecule has 5 rings (SSSR count). The molecule has 1 fully saturated rings. The van der Waals surface area contributed by atoms with Gasteiger partial charge < -0.3 is 75.1 Å². The van der Waals surface area contributed by atoms with Crippen LogP contribution in [0, 0.1) is 0 Å². The smallest absolute Gasteiger partial charge is 0.339 e. The highest BCUT2D eigenvalue weighted by Crippen LogP contribution is 2.53. The molecule has 18 nitrogen and oxygen atoms in total. The predicted molar refractivity (Wildman–Crippen MR) is 139 cm³/mol. The molecule has 0 aliphatic carbocycles. The molecule has 2 aliphatic heterocycles. The second kappa shape index (κ2) is 11.0. The van der Waals surface area contributed by atoms with E-state index in [0.717, 1.165) is 0 Å². The third-order valence-corrected chi connectivity index (χ3v) is 7.00. The lowest BCUT2D eigenvalue weighted by Gasteiger charge is -2.41. The third kappa shape index (κ3) is 5.07. The molecule has 5 unspecified atom stereocenters. The van der Waals surface area contributed by atoms with Gasteiger partial charge in [-0.05, 0) is 24.3 Å². The largest absolute Gasteiger partial charge is 0.504 e. The van der Waals surface area contributed by atoms with Crippen LogP contribution in [0.3, 0.4) is 0 Å². The van der Waals surface area contributed by atoms with E-state index in [0.29, 0.717) is 24.3 Å². The maximum Gasteiger partial charge on any atom is 0.339 e. The standard InChI is InChI=1S/C27H22O18/c28-9-1-6(2-10(29)16(9)32)24(38)45-23-21(37)27(41)43-13-5-42-25(39)7-3-11(30)17(33)19(35)14(7)15-8(26(40)44-22(13)23)4-12(31)18(34)20(15)36/h1-4,13,21-23,27-37,41H,5H2. The van der Waals surface area contributed by atoms with Crippen LogP contribution in [0.25, 0.3) is 11.1 Å². The fraction of sp³-hybridized carbons (Fsp3) is 0.222. The molecule has 238 valence electrons. The van der Waals surface area contributed by atoms with Gasteiger partial charge >= 0.3 is 17.9 Å². The Kier molecular flexibility index (Phi) is 7.49. The van der Waals surface area contributed by atoms with Gasteiger partial charge in [0.15, 0.2) is 58.7 Å². The molecular formula is C27H22O18. The van der Waals surface area contributed by atoms with Crippen molar-refractivity contribution in [3.8, 4) is 62.9 Å². The quantitative estimate of drug-likeness (QED) is 0.0979. The van der Waals surface area contributed by atoms with Crippen LogP contribution in [-0.4, -0.2) is 111 Å². The molecule has 3 aromatic carbocycles. The van der Waals surface area contributed by atoms with Gasteiger partial charge in [0.25, 0.3) is 0 Å². The number of ether oxygens (including phenoxy) is 4. The number of hydrogen-bond donors (Lipinski definition) is 11. The number of carbonyl (C=O) groups excluding carboxylic acids is 3. The van der Waals surface area contributed by atoms with Gasteiger partial charge in [0.1, 0.15) is 18.8 Å². The van der Waals surface area contributed by atoms with Crippen molar-refractivity contribution >= 4 is 17.9 Å². The minimum atomic E-state index is -2.18. The molecule has 18 heteroatoms. The Morgan fingerprint density at radius 2 is 1.18 bits per heavy atom. The van der Waals surface area contributed by atoms with E-state index >= 15 is 0 Å². The van der Waals surface area contributed by atoms with Crippen molar-refractivity contribution < 1.29 is 89.5 Å². The van der Waals surface area contributed by atoms with Crippen LogP contribution in [0.5, 0.6) is 51.7 Å². The summed E-state index contributed by atoms with van der Waals surface area (Å²) in [4.78, 5) is 39.7. The molecule has 2 aliphatic rings. The van der Waals surface area contributed by atoms with Crippen molar-refractivity contribution in [3.05, 3.63) is 41.0 Å². The highest BCUT2D eigenvalue weighted by Gasteiger charge is 2.51. The minimum absolute atomic E-state index is 0.524. The average Bonchev–Trinajstić information content (AvgIpc) is 3.00. The molecule has 0 radical (unpaired) electrons. The number of aliphatic hydroxyl groups is 2. The first-order valence-corrected chi connectivity index (χ1v) is 12.5. The summed E-state index contributed by atoms with van der Waals surface area (Å²) in [5, 5.41) is 112. The Morgan fingerprint density at radius 3 is 1.71 bits per heavy atom. The van der Waals surface area contributed by atoms with Crippen molar-refractivity contribution in [3.63, 3.8) is 0 Å². The molecule has 3 aromatic rings. The molecular weight excluding hydrogens is 612 g/mol. The first kappa shape index (κ1) is 30.6. The zero-order valence-electron chi connectivity index (χ0n) is 22.2. The summed E-state index contributed by atoms with van der Waals surface area (Å²) in [7, 11) is 0. The third-order valence-electron chi connectivity index (χ3n) is 7.00. The number of rotatable bonds is 2. The van der Waals surface area contributed by atoms with E-state index in [4.69, 9.17) is 18.9 Å². The van der Waals surface area contributed by atoms with E-state index in [2.05, 4.69) is 0 Å². The van der Waals surface area contributed by atoms with Crippen LogP contribution in [0.1, 0.15) is 31.1 Å². The normalized spacial score (nSPS) is 22.9. The summed E-state index contributed by atoms with van der Waals surface area (Å²) < 4.78 is 21.0. The molecule has 11 N–H and O–H groups in total. The van der Waals surface area contributed by atoms with E-state index in [9.17, 15) is 70.6 Å². The SMILES string of the molecule is O=C(OC1C(O)C(O)OC2COC(=O)c3cc(O)c(O)c(O)c3-c3c(cc(O)c(O)c3O)C(=O)OC21)c1cc(O)c(O)c(O)c1. The fourth-order valence-corrected chi connectivity index (χ4v) is 4.77. The van der Waals surface area contributed by atoms with Crippen LogP contribution in [-0.2, 0) is 18.9 Å². The van der Waals surface area contributed by atoms with Crippen molar-refractivity contribution in [1.82, 2.24) is 0 Å². The molecule has 0 bridgehead atoms. The second-order valence-electron chi connectivity index (χ2n) is 9.79. The number of phenols is 9. The van der Waals surface area contributed by atoms with E-state index in [-0.39, 0.29) is 0 Å². The Balaban J connectivity index is 1.66. The predicted octanol–water partition coefficient (Wildman–Crippen LogP) is -0.297. The topological polar surface area (TPSA) is 311 Å². The molecule has 0 aromatic heterocycles. The Hall–Kier alpha value is -5.85. The van der Waals surface area contributed by atoms with E-state index in [1.807, 2.05) is 0 Å². The van der Waals surface area contributed by atoms with Crippen molar-refractivity contribution in [2.45, 2.75) is 30.7 Å². The fourth-order valence-electron chi connectivity index (χ4n) is 4.77. The van der Waals surface area contributed by atoms with Crippen molar-refractivity contribution in [2.75, 3.05) is 6.61 Å². The number of esters is 3. The van der Waals surface area contributed by atoms with E-state index in [1.165, 1.54) is 0 Å². The van der Waals surface area contributed by atoms with Crippen LogP contribution in [0.15, 0.2) is 24.3 Å². The maximum atomic E-state index is 13.6. The zero-order valence-corrected chi connectivity index (χ0v) is 22.2. The summed E-state index contributed by atoms with van der Waals surface area (Å²) in [6.07, 6.45) is -10.2. The van der Waals surface area contributed by atoms with Gasteiger partial charge in [-0.1, -0.05) is 0 Å². The molecule has 1 saturated heterocycles. The second-order valence-corrected chi connectivity index (χ2v) is 9.79. The van der Waals surface area contributed by atoms with Gasteiger partial charge in [0.2, 0.25) is 11.5 Å². The van der Waals surface area contributed by atoms with Crippen LogP contribution >= 0.6 is 0 Å². The first-order chi connectivity index (χ1) is 21.1. The molecule has 0 amide bonds. The summed E-state index contributed by atoms with van der Waals surface area (Å²) in [5.74, 6) is -14.5. The molecule has 5 atom stereocenters. The lowest BCUT2D eigenvalue weighted by molar-refractivity contribution is -0.285. The lowest BCUT2D eigenvalue weighted by Crippen LogP contribution is -2.61. The average molecular weight is 634 g/mol. The van der Waals surface area contributed by atoms with Crippen LogP contribution in [0.4, 0.5) is 0 Å².